The van der Waals surface area contributed by atoms with E-state index in [9.17, 15) is 0 Å². The summed E-state index contributed by atoms with van der Waals surface area (Å²) in [5, 5.41) is 3.71. The minimum Gasteiger partial charge on any atom is -0.381 e. The molecule has 1 N–H and O–H groups in total. The summed E-state index contributed by atoms with van der Waals surface area (Å²) >= 11 is 5.99. The van der Waals surface area contributed by atoms with Crippen molar-refractivity contribution < 1.29 is 0 Å². The lowest BCUT2D eigenvalue weighted by Crippen LogP contribution is -2.48. The fourth-order valence-corrected chi connectivity index (χ4v) is 3.40. The Bertz CT molecular complexity index is 424. The van der Waals surface area contributed by atoms with Crippen LogP contribution in [0.5, 0.6) is 0 Å². The van der Waals surface area contributed by atoms with Crippen molar-refractivity contribution in [1.29, 1.82) is 0 Å². The van der Waals surface area contributed by atoms with E-state index in [1.165, 1.54) is 22.2 Å². The molecule has 1 aliphatic rings. The van der Waals surface area contributed by atoms with Crippen LogP contribution in [0.2, 0.25) is 0 Å². The summed E-state index contributed by atoms with van der Waals surface area (Å²) in [5.74, 6) is 0.677. The average Bonchev–Trinajstić information content (AvgIpc) is 2.30. The number of rotatable bonds is 2. The number of likely N-dealkylation sites (tertiary alicyclic amines) is 1. The Hall–Kier alpha value is 0.190. The second kappa shape index (κ2) is 6.09. The molecular formula is C14H20BrIN2. The van der Waals surface area contributed by atoms with E-state index in [-0.39, 0.29) is 0 Å². The molecule has 1 aromatic rings. The summed E-state index contributed by atoms with van der Waals surface area (Å²) in [4.78, 5) is 2.45. The molecule has 1 heterocycles. The Balaban J connectivity index is 2.11. The smallest absolute Gasteiger partial charge is 0.0497 e. The monoisotopic (exact) mass is 422 g/mol. The highest BCUT2D eigenvalue weighted by atomic mass is 127. The average molecular weight is 423 g/mol. The number of benzene rings is 1. The van der Waals surface area contributed by atoms with Crippen LogP contribution in [-0.2, 0) is 0 Å². The van der Waals surface area contributed by atoms with Crippen molar-refractivity contribution in [3.05, 3.63) is 26.2 Å². The van der Waals surface area contributed by atoms with E-state index in [0.717, 1.165) is 4.47 Å². The fourth-order valence-electron chi connectivity index (χ4n) is 2.55. The number of nitrogens with one attached hydrogen (secondary N) is 1. The van der Waals surface area contributed by atoms with E-state index in [2.05, 4.69) is 87.8 Å². The Morgan fingerprint density at radius 1 is 1.39 bits per heavy atom. The van der Waals surface area contributed by atoms with Crippen LogP contribution in [-0.4, -0.2) is 30.6 Å². The summed E-state index contributed by atoms with van der Waals surface area (Å²) < 4.78 is 2.42. The van der Waals surface area contributed by atoms with Gasteiger partial charge in [0.15, 0.2) is 0 Å². The molecule has 1 saturated heterocycles. The van der Waals surface area contributed by atoms with Gasteiger partial charge in [-0.2, -0.15) is 0 Å². The van der Waals surface area contributed by atoms with Crippen LogP contribution in [0.1, 0.15) is 20.3 Å². The van der Waals surface area contributed by atoms with E-state index >= 15 is 0 Å². The second-order valence-corrected chi connectivity index (χ2v) is 7.48. The third-order valence-electron chi connectivity index (χ3n) is 3.88. The van der Waals surface area contributed by atoms with Crippen LogP contribution in [0.3, 0.4) is 0 Å². The van der Waals surface area contributed by atoms with Gasteiger partial charge >= 0.3 is 0 Å². The molecule has 0 aliphatic carbocycles. The molecule has 3 unspecified atom stereocenters. The van der Waals surface area contributed by atoms with Gasteiger partial charge in [0.05, 0.1) is 0 Å². The topological polar surface area (TPSA) is 15.3 Å². The molecule has 2 rings (SSSR count). The normalized spacial score (nSPS) is 29.3. The van der Waals surface area contributed by atoms with Gasteiger partial charge in [0.1, 0.15) is 0 Å². The lowest BCUT2D eigenvalue weighted by atomic mass is 9.89. The van der Waals surface area contributed by atoms with Gasteiger partial charge in [0.2, 0.25) is 0 Å². The highest BCUT2D eigenvalue weighted by Crippen LogP contribution is 2.29. The minimum absolute atomic E-state index is 0.561. The van der Waals surface area contributed by atoms with Crippen molar-refractivity contribution in [2.24, 2.45) is 5.92 Å². The van der Waals surface area contributed by atoms with Crippen molar-refractivity contribution >= 4 is 44.2 Å². The van der Waals surface area contributed by atoms with Crippen LogP contribution in [0.4, 0.5) is 5.69 Å². The lowest BCUT2D eigenvalue weighted by Gasteiger charge is -2.40. The first-order valence-corrected chi connectivity index (χ1v) is 8.26. The molecule has 0 amide bonds. The number of nitrogens with zero attached hydrogens (tertiary/aromatic N) is 1. The molecule has 0 aromatic heterocycles. The zero-order valence-electron chi connectivity index (χ0n) is 11.1. The van der Waals surface area contributed by atoms with Gasteiger partial charge < -0.3 is 10.2 Å². The molecule has 0 radical (unpaired) electrons. The zero-order chi connectivity index (χ0) is 13.3. The maximum atomic E-state index is 3.71. The van der Waals surface area contributed by atoms with Crippen LogP contribution >= 0.6 is 38.5 Å². The van der Waals surface area contributed by atoms with Crippen molar-refractivity contribution in [2.75, 3.05) is 18.9 Å². The summed E-state index contributed by atoms with van der Waals surface area (Å²) in [6, 6.07) is 7.66. The predicted octanol–water partition coefficient (Wildman–Crippen LogP) is 4.19. The first-order chi connectivity index (χ1) is 8.47. The largest absolute Gasteiger partial charge is 0.381 e. The second-order valence-electron chi connectivity index (χ2n) is 5.38. The Morgan fingerprint density at radius 3 is 2.83 bits per heavy atom. The van der Waals surface area contributed by atoms with Crippen molar-refractivity contribution in [3.8, 4) is 0 Å². The Kier molecular flexibility index (Phi) is 4.94. The maximum absolute atomic E-state index is 3.71. The third-order valence-corrected chi connectivity index (χ3v) is 5.24. The van der Waals surface area contributed by atoms with Crippen molar-refractivity contribution in [2.45, 2.75) is 32.4 Å². The first kappa shape index (κ1) is 14.6. The molecule has 1 aromatic carbocycles. The third kappa shape index (κ3) is 3.39. The highest BCUT2D eigenvalue weighted by molar-refractivity contribution is 14.1. The standard InChI is InChI=1S/C14H20BrIN2/c1-9-8-18(3)10(2)6-13(9)17-14-7-11(16)4-5-12(14)15/h4-5,7,9-10,13,17H,6,8H2,1-3H3. The molecule has 4 heteroatoms. The minimum atomic E-state index is 0.561. The van der Waals surface area contributed by atoms with E-state index in [1.807, 2.05) is 0 Å². The summed E-state index contributed by atoms with van der Waals surface area (Å²) in [7, 11) is 2.22. The van der Waals surface area contributed by atoms with Gasteiger partial charge in [-0.3, -0.25) is 0 Å². The zero-order valence-corrected chi connectivity index (χ0v) is 14.8. The molecule has 2 nitrogen and oxygen atoms in total. The van der Waals surface area contributed by atoms with Crippen LogP contribution in [0.25, 0.3) is 0 Å². The molecule has 1 fully saturated rings. The van der Waals surface area contributed by atoms with Crippen molar-refractivity contribution in [3.63, 3.8) is 0 Å². The molecule has 1 aliphatic heterocycles. The van der Waals surface area contributed by atoms with Gasteiger partial charge in [0.25, 0.3) is 0 Å². The van der Waals surface area contributed by atoms with Gasteiger partial charge in [-0.25, -0.2) is 0 Å². The molecular weight excluding hydrogens is 403 g/mol. The van der Waals surface area contributed by atoms with E-state index in [4.69, 9.17) is 0 Å². The van der Waals surface area contributed by atoms with Gasteiger partial charge in [-0.15, -0.1) is 0 Å². The maximum Gasteiger partial charge on any atom is 0.0497 e. The number of halogens is 2. The number of piperidine rings is 1. The number of hydrogen-bond acceptors (Lipinski definition) is 2. The number of hydrogen-bond donors (Lipinski definition) is 1. The summed E-state index contributed by atoms with van der Waals surface area (Å²) in [6.07, 6.45) is 1.20. The SMILES string of the molecule is CC1CN(C)C(C)CC1Nc1cc(I)ccc1Br. The first-order valence-electron chi connectivity index (χ1n) is 6.39. The van der Waals surface area contributed by atoms with Gasteiger partial charge in [-0.05, 0) is 83.0 Å². The molecule has 0 spiro atoms. The highest BCUT2D eigenvalue weighted by Gasteiger charge is 2.28. The molecule has 100 valence electrons. The van der Waals surface area contributed by atoms with E-state index < -0.39 is 0 Å². The fraction of sp³-hybridized carbons (Fsp3) is 0.571. The van der Waals surface area contributed by atoms with Crippen LogP contribution in [0, 0.1) is 9.49 Å². The molecule has 3 atom stereocenters. The van der Waals surface area contributed by atoms with Gasteiger partial charge in [-0.1, -0.05) is 6.92 Å². The molecule has 18 heavy (non-hydrogen) atoms. The van der Waals surface area contributed by atoms with Crippen molar-refractivity contribution in [1.82, 2.24) is 4.90 Å². The van der Waals surface area contributed by atoms with Crippen LogP contribution < -0.4 is 5.32 Å². The Labute approximate surface area is 132 Å². The lowest BCUT2D eigenvalue weighted by molar-refractivity contribution is 0.145. The van der Waals surface area contributed by atoms with E-state index in [0.29, 0.717) is 18.0 Å². The van der Waals surface area contributed by atoms with E-state index in [1.54, 1.807) is 0 Å². The van der Waals surface area contributed by atoms with Crippen LogP contribution in [0.15, 0.2) is 22.7 Å². The summed E-state index contributed by atoms with van der Waals surface area (Å²) in [6.45, 7) is 5.81. The predicted molar refractivity (Wildman–Crippen MR) is 90.1 cm³/mol. The molecule has 0 bridgehead atoms. The number of anilines is 1. The quantitative estimate of drug-likeness (QED) is 0.718. The molecule has 0 saturated carbocycles. The summed E-state index contributed by atoms with van der Waals surface area (Å²) in [5.41, 5.74) is 1.22. The Morgan fingerprint density at radius 2 is 2.11 bits per heavy atom. The van der Waals surface area contributed by atoms with Gasteiger partial charge in [0, 0.05) is 32.4 Å².